The third kappa shape index (κ3) is 6.04. The number of rotatable bonds is 7. The van der Waals surface area contributed by atoms with E-state index in [4.69, 9.17) is 32.7 Å². The molecule has 1 amide bonds. The zero-order valence-electron chi connectivity index (χ0n) is 21.2. The van der Waals surface area contributed by atoms with Gasteiger partial charge in [0.25, 0.3) is 5.91 Å². The van der Waals surface area contributed by atoms with Crippen LogP contribution in [-0.2, 0) is 0 Å². The van der Waals surface area contributed by atoms with Crippen molar-refractivity contribution in [2.24, 2.45) is 5.10 Å². The second-order valence-electron chi connectivity index (χ2n) is 8.61. The largest absolute Gasteiger partial charge is 0.495 e. The highest BCUT2D eigenvalue weighted by atomic mass is 79.9. The monoisotopic (exact) mass is 713 g/mol. The maximum absolute atomic E-state index is 13.5. The van der Waals surface area contributed by atoms with Gasteiger partial charge in [0.15, 0.2) is 5.75 Å². The Bertz CT molecular complexity index is 1840. The van der Waals surface area contributed by atoms with Crippen LogP contribution in [-0.4, -0.2) is 30.2 Å². The third-order valence-electron chi connectivity index (χ3n) is 6.08. The first-order chi connectivity index (χ1) is 19.8. The lowest BCUT2D eigenvalue weighted by Crippen LogP contribution is -2.19. The zero-order valence-corrected chi connectivity index (χ0v) is 25.9. The average molecular weight is 716 g/mol. The van der Waals surface area contributed by atoms with E-state index in [2.05, 4.69) is 47.4 Å². The van der Waals surface area contributed by atoms with Gasteiger partial charge < -0.3 is 14.5 Å². The van der Waals surface area contributed by atoms with Gasteiger partial charge in [-0.25, -0.2) is 10.2 Å². The first kappa shape index (κ1) is 28.9. The van der Waals surface area contributed by atoms with E-state index >= 15 is 0 Å². The van der Waals surface area contributed by atoms with Crippen LogP contribution >= 0.6 is 55.1 Å². The van der Waals surface area contributed by atoms with Gasteiger partial charge in [0.05, 0.1) is 33.9 Å². The number of carbonyl (C=O) groups is 2. The lowest BCUT2D eigenvalue weighted by Gasteiger charge is -2.11. The minimum Gasteiger partial charge on any atom is -0.495 e. The number of amides is 1. The average Bonchev–Trinajstić information content (AvgIpc) is 3.35. The molecule has 4 aromatic carbocycles. The molecule has 1 heterocycles. The van der Waals surface area contributed by atoms with E-state index in [0.29, 0.717) is 41.9 Å². The molecule has 0 atom stereocenters. The molecule has 206 valence electrons. The van der Waals surface area contributed by atoms with Crippen molar-refractivity contribution in [2.45, 2.75) is 0 Å². The molecule has 7 nitrogen and oxygen atoms in total. The highest BCUT2D eigenvalue weighted by molar-refractivity contribution is 9.11. The van der Waals surface area contributed by atoms with Crippen molar-refractivity contribution < 1.29 is 19.1 Å². The van der Waals surface area contributed by atoms with Gasteiger partial charge in [0.1, 0.15) is 11.4 Å². The van der Waals surface area contributed by atoms with Crippen molar-refractivity contribution >= 4 is 84.1 Å². The fraction of sp³-hybridized carbons (Fsp3) is 0.0333. The number of H-pyrrole nitrogens is 1. The Morgan fingerprint density at radius 2 is 1.68 bits per heavy atom. The number of ether oxygens (including phenoxy) is 2. The predicted octanol–water partition coefficient (Wildman–Crippen LogP) is 8.66. The summed E-state index contributed by atoms with van der Waals surface area (Å²) in [7, 11) is 1.56. The Hall–Kier alpha value is -3.63. The molecule has 0 saturated heterocycles. The van der Waals surface area contributed by atoms with Crippen LogP contribution in [0.3, 0.4) is 0 Å². The van der Waals surface area contributed by atoms with Crippen LogP contribution in [0.5, 0.6) is 11.5 Å². The summed E-state index contributed by atoms with van der Waals surface area (Å²) in [6.07, 6.45) is 1.38. The third-order valence-corrected chi connectivity index (χ3v) is 7.79. The van der Waals surface area contributed by atoms with Gasteiger partial charge in [-0.15, -0.1) is 0 Å². The smallest absolute Gasteiger partial charge is 0.345 e. The van der Waals surface area contributed by atoms with Crippen LogP contribution in [0, 0.1) is 0 Å². The first-order valence-corrected chi connectivity index (χ1v) is 14.4. The summed E-state index contributed by atoms with van der Waals surface area (Å²) in [5, 5.41) is 5.67. The molecule has 0 aliphatic carbocycles. The number of aromatic amines is 1. The molecule has 0 aliphatic rings. The van der Waals surface area contributed by atoms with Crippen LogP contribution in [0.1, 0.15) is 26.4 Å². The summed E-state index contributed by atoms with van der Waals surface area (Å²) in [5.74, 6) is -0.391. The maximum atomic E-state index is 13.5. The van der Waals surface area contributed by atoms with Crippen LogP contribution in [0.15, 0.2) is 92.9 Å². The van der Waals surface area contributed by atoms with Crippen molar-refractivity contribution in [3.05, 3.63) is 115 Å². The molecule has 0 saturated carbocycles. The number of nitrogens with zero attached hydrogens (tertiary/aromatic N) is 1. The van der Waals surface area contributed by atoms with Crippen LogP contribution < -0.4 is 14.9 Å². The standard InChI is InChI=1S/C30H19Br2Cl2N3O4/c1-40-24-12-6-9-20-25(18-7-2-4-10-22(18)33)27(36-26(20)24)29(38)37-35-15-16-13-17(31)14-21(32)28(16)41-30(39)19-8-3-5-11-23(19)34/h2-15,36H,1H3,(H,37,38). The van der Waals surface area contributed by atoms with E-state index < -0.39 is 11.9 Å². The predicted molar refractivity (Wildman–Crippen MR) is 169 cm³/mol. The number of hydrogen-bond donors (Lipinski definition) is 2. The van der Waals surface area contributed by atoms with E-state index in [1.165, 1.54) is 6.21 Å². The van der Waals surface area contributed by atoms with E-state index in [9.17, 15) is 9.59 Å². The number of benzene rings is 4. The van der Waals surface area contributed by atoms with Crippen LogP contribution in [0.25, 0.3) is 22.0 Å². The molecule has 5 aromatic rings. The minimum atomic E-state index is -0.645. The summed E-state index contributed by atoms with van der Waals surface area (Å²) in [5.41, 5.74) is 5.35. The molecule has 2 N–H and O–H groups in total. The van der Waals surface area contributed by atoms with Gasteiger partial charge in [0, 0.05) is 31.6 Å². The molecule has 0 spiro atoms. The van der Waals surface area contributed by atoms with Crippen LogP contribution in [0.2, 0.25) is 10.0 Å². The fourth-order valence-electron chi connectivity index (χ4n) is 4.25. The van der Waals surface area contributed by atoms with Gasteiger partial charge in [0.2, 0.25) is 0 Å². The summed E-state index contributed by atoms with van der Waals surface area (Å²) in [6, 6.07) is 22.8. The van der Waals surface area contributed by atoms with Crippen molar-refractivity contribution in [1.29, 1.82) is 0 Å². The molecule has 1 aromatic heterocycles. The summed E-state index contributed by atoms with van der Waals surface area (Å²) < 4.78 is 12.4. The van der Waals surface area contributed by atoms with E-state index in [1.807, 2.05) is 30.3 Å². The number of nitrogens with one attached hydrogen (secondary N) is 2. The minimum absolute atomic E-state index is 0.197. The summed E-state index contributed by atoms with van der Waals surface area (Å²) >= 11 is 19.6. The zero-order chi connectivity index (χ0) is 29.1. The molecule has 0 aliphatic heterocycles. The van der Waals surface area contributed by atoms with Gasteiger partial charge in [-0.3, -0.25) is 4.79 Å². The Kier molecular flexibility index (Phi) is 8.79. The number of hydrazone groups is 1. The van der Waals surface area contributed by atoms with Crippen molar-refractivity contribution in [3.8, 4) is 22.6 Å². The number of para-hydroxylation sites is 1. The van der Waals surface area contributed by atoms with E-state index in [0.717, 1.165) is 5.39 Å². The van der Waals surface area contributed by atoms with Gasteiger partial charge >= 0.3 is 5.97 Å². The van der Waals surface area contributed by atoms with Crippen molar-refractivity contribution in [3.63, 3.8) is 0 Å². The number of esters is 1. The van der Waals surface area contributed by atoms with Crippen molar-refractivity contribution in [1.82, 2.24) is 10.4 Å². The highest BCUT2D eigenvalue weighted by Crippen LogP contribution is 2.39. The van der Waals surface area contributed by atoms with Gasteiger partial charge in [-0.05, 0) is 52.3 Å². The number of halogens is 4. The molecular weight excluding hydrogens is 697 g/mol. The second-order valence-corrected chi connectivity index (χ2v) is 11.2. The first-order valence-electron chi connectivity index (χ1n) is 12.0. The van der Waals surface area contributed by atoms with Gasteiger partial charge in [-0.1, -0.05) is 81.6 Å². The molecule has 0 radical (unpaired) electrons. The maximum Gasteiger partial charge on any atom is 0.345 e. The number of fused-ring (bicyclic) bond motifs is 1. The molecule has 0 bridgehead atoms. The molecule has 0 unspecified atom stereocenters. The molecular formula is C30H19Br2Cl2N3O4. The quantitative estimate of drug-likeness (QED) is 0.0764. The Labute approximate surface area is 261 Å². The fourth-order valence-corrected chi connectivity index (χ4v) is 6.03. The molecule has 11 heteroatoms. The number of aromatic nitrogens is 1. The second kappa shape index (κ2) is 12.5. The Morgan fingerprint density at radius 3 is 2.41 bits per heavy atom. The normalized spacial score (nSPS) is 11.1. The van der Waals surface area contributed by atoms with E-state index in [-0.39, 0.29) is 22.0 Å². The molecule has 0 fully saturated rings. The van der Waals surface area contributed by atoms with Crippen LogP contribution in [0.4, 0.5) is 0 Å². The number of hydrogen-bond acceptors (Lipinski definition) is 5. The lowest BCUT2D eigenvalue weighted by atomic mass is 10.0. The number of carbonyl (C=O) groups excluding carboxylic acids is 2. The van der Waals surface area contributed by atoms with Crippen molar-refractivity contribution in [2.75, 3.05) is 7.11 Å². The number of methoxy groups -OCH3 is 1. The lowest BCUT2D eigenvalue weighted by molar-refractivity contribution is 0.0733. The Balaban J connectivity index is 1.48. The summed E-state index contributed by atoms with van der Waals surface area (Å²) in [6.45, 7) is 0. The van der Waals surface area contributed by atoms with Gasteiger partial charge in [-0.2, -0.15) is 5.10 Å². The highest BCUT2D eigenvalue weighted by Gasteiger charge is 2.23. The van der Waals surface area contributed by atoms with E-state index in [1.54, 1.807) is 55.6 Å². The topological polar surface area (TPSA) is 92.8 Å². The molecule has 5 rings (SSSR count). The Morgan fingerprint density at radius 1 is 0.951 bits per heavy atom. The summed E-state index contributed by atoms with van der Waals surface area (Å²) in [4.78, 5) is 29.5. The SMILES string of the molecule is COc1cccc2c(-c3ccccc3Cl)c(C(=O)NN=Cc3cc(Br)cc(Br)c3OC(=O)c3ccccc3Cl)[nH]c12. The molecule has 41 heavy (non-hydrogen) atoms.